The van der Waals surface area contributed by atoms with Crippen molar-refractivity contribution in [1.82, 2.24) is 20.9 Å². The molecule has 0 aliphatic carbocycles. The van der Waals surface area contributed by atoms with Gasteiger partial charge in [0.1, 0.15) is 22.5 Å². The number of carbonyl (C=O) groups excluding carboxylic acids is 3. The lowest BCUT2D eigenvalue weighted by Crippen LogP contribution is -2.50. The van der Waals surface area contributed by atoms with Crippen LogP contribution in [-0.2, 0) is 9.47 Å². The first-order chi connectivity index (χ1) is 18.5. The van der Waals surface area contributed by atoms with Crippen molar-refractivity contribution >= 4 is 18.1 Å². The minimum Gasteiger partial charge on any atom is -0.444 e. The normalized spacial score (nSPS) is 18.4. The number of hydrogen-bond acceptors (Lipinski definition) is 6. The number of amides is 3. The Morgan fingerprint density at radius 3 is 1.65 bits per heavy atom. The number of rotatable bonds is 5. The monoisotopic (exact) mass is 568 g/mol. The van der Waals surface area contributed by atoms with Gasteiger partial charge in [-0.2, -0.15) is 0 Å². The smallest absolute Gasteiger partial charge is 0.407 e. The van der Waals surface area contributed by atoms with E-state index in [1.165, 1.54) is 0 Å². The molecule has 0 saturated carbocycles. The number of carbonyl (C=O) groups is 3. The molecule has 0 spiro atoms. The zero-order valence-corrected chi connectivity index (χ0v) is 24.7. The van der Waals surface area contributed by atoms with Crippen molar-refractivity contribution in [1.29, 1.82) is 0 Å². The Balaban J connectivity index is 0.000000305. The number of alkyl carbamates (subject to hydrolysis) is 2. The average molecular weight is 569 g/mol. The van der Waals surface area contributed by atoms with E-state index in [4.69, 9.17) is 9.47 Å². The summed E-state index contributed by atoms with van der Waals surface area (Å²) in [6, 6.07) is 8.97. The predicted octanol–water partition coefficient (Wildman–Crippen LogP) is 4.76. The van der Waals surface area contributed by atoms with Crippen LogP contribution in [0.3, 0.4) is 0 Å². The van der Waals surface area contributed by atoms with Crippen LogP contribution in [0.15, 0.2) is 30.3 Å². The maximum Gasteiger partial charge on any atom is 0.407 e. The van der Waals surface area contributed by atoms with E-state index in [9.17, 15) is 23.2 Å². The van der Waals surface area contributed by atoms with E-state index in [2.05, 4.69) is 16.0 Å². The summed E-state index contributed by atoms with van der Waals surface area (Å²) >= 11 is 0. The molecule has 0 unspecified atom stereocenters. The Hall–Kier alpha value is -2.95. The molecule has 9 nitrogen and oxygen atoms in total. The fraction of sp³-hybridized carbons (Fsp3) is 0.690. The zero-order valence-electron chi connectivity index (χ0n) is 24.7. The van der Waals surface area contributed by atoms with E-state index in [-0.39, 0.29) is 31.8 Å². The van der Waals surface area contributed by atoms with E-state index < -0.39 is 34.7 Å². The van der Waals surface area contributed by atoms with Gasteiger partial charge in [0.2, 0.25) is 0 Å². The van der Waals surface area contributed by atoms with E-state index in [1.54, 1.807) is 70.7 Å². The summed E-state index contributed by atoms with van der Waals surface area (Å²) in [5.74, 6) is -0.0854. The van der Waals surface area contributed by atoms with Crippen molar-refractivity contribution in [3.8, 4) is 0 Å². The number of likely N-dealkylation sites (tertiary alicyclic amines) is 1. The van der Waals surface area contributed by atoms with Crippen molar-refractivity contribution in [3.05, 3.63) is 35.9 Å². The third kappa shape index (κ3) is 12.5. The van der Waals surface area contributed by atoms with Gasteiger partial charge < -0.3 is 30.3 Å². The third-order valence-corrected chi connectivity index (χ3v) is 6.36. The molecule has 11 heteroatoms. The first kappa shape index (κ1) is 33.3. The standard InChI is InChI=1S/C18H25FN2O3.C11H21FN2O2/c1-17(2,3)24-16(23)20-13-18(19)9-11-21(12-10-18)15(22)14-7-5-4-6-8-14;1-10(2,3)16-9(15)14-8-11(12)4-6-13-7-5-11/h4-8H,9-13H2,1-3H3,(H,20,23);13H,4-8H2,1-3H3,(H,14,15). The van der Waals surface area contributed by atoms with Gasteiger partial charge in [-0.15, -0.1) is 0 Å². The summed E-state index contributed by atoms with van der Waals surface area (Å²) < 4.78 is 39.0. The maximum absolute atomic E-state index is 14.8. The largest absolute Gasteiger partial charge is 0.444 e. The number of hydrogen-bond donors (Lipinski definition) is 3. The predicted molar refractivity (Wildman–Crippen MR) is 150 cm³/mol. The highest BCUT2D eigenvalue weighted by molar-refractivity contribution is 5.94. The molecule has 226 valence electrons. The first-order valence-corrected chi connectivity index (χ1v) is 13.9. The SMILES string of the molecule is CC(C)(C)OC(=O)NCC1(F)CCN(C(=O)c2ccccc2)CC1.CC(C)(C)OC(=O)NCC1(F)CCNCC1. The van der Waals surface area contributed by atoms with Crippen molar-refractivity contribution in [3.63, 3.8) is 0 Å². The lowest BCUT2D eigenvalue weighted by atomic mass is 9.93. The van der Waals surface area contributed by atoms with Crippen LogP contribution in [0, 0.1) is 0 Å². The molecule has 2 fully saturated rings. The summed E-state index contributed by atoms with van der Waals surface area (Å²) in [4.78, 5) is 37.0. The van der Waals surface area contributed by atoms with E-state index in [0.717, 1.165) is 0 Å². The Bertz CT molecular complexity index is 965. The number of benzene rings is 1. The van der Waals surface area contributed by atoms with Crippen LogP contribution in [0.1, 0.15) is 77.6 Å². The van der Waals surface area contributed by atoms with Gasteiger partial charge in [-0.05, 0) is 79.6 Å². The molecule has 40 heavy (non-hydrogen) atoms. The second-order valence-electron chi connectivity index (χ2n) is 12.4. The first-order valence-electron chi connectivity index (χ1n) is 13.9. The van der Waals surface area contributed by atoms with Gasteiger partial charge in [0.05, 0.1) is 13.1 Å². The second-order valence-corrected chi connectivity index (χ2v) is 12.4. The van der Waals surface area contributed by atoms with E-state index in [0.29, 0.717) is 44.6 Å². The van der Waals surface area contributed by atoms with Crippen LogP contribution in [0.25, 0.3) is 0 Å². The van der Waals surface area contributed by atoms with Crippen LogP contribution in [0.4, 0.5) is 18.4 Å². The quantitative estimate of drug-likeness (QED) is 0.473. The summed E-state index contributed by atoms with van der Waals surface area (Å²) in [7, 11) is 0. The van der Waals surface area contributed by atoms with Gasteiger partial charge in [-0.3, -0.25) is 4.79 Å². The fourth-order valence-electron chi connectivity index (χ4n) is 4.19. The van der Waals surface area contributed by atoms with Crippen molar-refractivity contribution < 1.29 is 32.6 Å². The number of alkyl halides is 2. The number of halogens is 2. The molecule has 3 N–H and O–H groups in total. The Morgan fingerprint density at radius 1 is 0.800 bits per heavy atom. The molecule has 2 saturated heterocycles. The summed E-state index contributed by atoms with van der Waals surface area (Å²) in [5, 5.41) is 8.05. The van der Waals surface area contributed by atoms with Gasteiger partial charge in [0.15, 0.2) is 0 Å². The molecule has 1 aromatic carbocycles. The molecule has 0 aromatic heterocycles. The van der Waals surface area contributed by atoms with Crippen molar-refractivity contribution in [2.24, 2.45) is 0 Å². The Morgan fingerprint density at radius 2 is 1.23 bits per heavy atom. The molecule has 2 aliphatic heterocycles. The summed E-state index contributed by atoms with van der Waals surface area (Å²) in [5.41, 5.74) is -3.34. The zero-order chi connectivity index (χ0) is 30.0. The molecular weight excluding hydrogens is 522 g/mol. The van der Waals surface area contributed by atoms with Crippen molar-refractivity contribution in [2.45, 2.75) is 89.8 Å². The number of piperidine rings is 2. The second kappa shape index (κ2) is 14.1. The van der Waals surface area contributed by atoms with Gasteiger partial charge in [-0.25, -0.2) is 18.4 Å². The number of nitrogens with one attached hydrogen (secondary N) is 3. The molecule has 3 amide bonds. The van der Waals surface area contributed by atoms with Crippen LogP contribution >= 0.6 is 0 Å². The molecule has 1 aromatic rings. The third-order valence-electron chi connectivity index (χ3n) is 6.36. The van der Waals surface area contributed by atoms with E-state index in [1.807, 2.05) is 6.07 Å². The molecule has 2 aliphatic rings. The van der Waals surface area contributed by atoms with Gasteiger partial charge in [0, 0.05) is 31.5 Å². The lowest BCUT2D eigenvalue weighted by molar-refractivity contribution is 0.0315. The molecule has 2 heterocycles. The summed E-state index contributed by atoms with van der Waals surface area (Å²) in [6.45, 7) is 12.5. The number of ether oxygens (including phenoxy) is 2. The Labute approximate surface area is 236 Å². The van der Waals surface area contributed by atoms with Gasteiger partial charge in [0.25, 0.3) is 5.91 Å². The van der Waals surface area contributed by atoms with Crippen LogP contribution in [-0.4, -0.2) is 84.8 Å². The molecular formula is C29H46F2N4O5. The van der Waals surface area contributed by atoms with Gasteiger partial charge >= 0.3 is 12.2 Å². The van der Waals surface area contributed by atoms with E-state index >= 15 is 0 Å². The van der Waals surface area contributed by atoms with Crippen LogP contribution < -0.4 is 16.0 Å². The highest BCUT2D eigenvalue weighted by Crippen LogP contribution is 2.27. The average Bonchev–Trinajstić information content (AvgIpc) is 2.86. The molecule has 0 radical (unpaired) electrons. The fourth-order valence-corrected chi connectivity index (χ4v) is 4.19. The molecule has 3 rings (SSSR count). The highest BCUT2D eigenvalue weighted by atomic mass is 19.1. The maximum atomic E-state index is 14.8. The van der Waals surface area contributed by atoms with Gasteiger partial charge in [-0.1, -0.05) is 18.2 Å². The molecule has 0 bridgehead atoms. The minimum absolute atomic E-state index is 0.0313. The molecule has 0 atom stereocenters. The topological polar surface area (TPSA) is 109 Å². The Kier molecular flexibility index (Phi) is 11.7. The number of nitrogens with zero attached hydrogens (tertiary/aromatic N) is 1. The van der Waals surface area contributed by atoms with Crippen LogP contribution in [0.5, 0.6) is 0 Å². The lowest BCUT2D eigenvalue weighted by Gasteiger charge is -2.36. The van der Waals surface area contributed by atoms with Crippen molar-refractivity contribution in [2.75, 3.05) is 39.3 Å². The summed E-state index contributed by atoms with van der Waals surface area (Å²) in [6.07, 6.45) is 0.0827. The van der Waals surface area contributed by atoms with Crippen LogP contribution in [0.2, 0.25) is 0 Å². The minimum atomic E-state index is -1.51. The highest BCUT2D eigenvalue weighted by Gasteiger charge is 2.37.